The zero-order valence-corrected chi connectivity index (χ0v) is 16.7. The van der Waals surface area contributed by atoms with Crippen molar-refractivity contribution >= 4 is 35.5 Å². The second-order valence-electron chi connectivity index (χ2n) is 4.01. The lowest BCUT2D eigenvalue weighted by Crippen LogP contribution is -2.47. The van der Waals surface area contributed by atoms with E-state index in [1.165, 1.54) is 0 Å². The molecule has 0 spiro atoms. The summed E-state index contributed by atoms with van der Waals surface area (Å²) in [6.45, 7) is 10.2. The molecule has 0 heterocycles. The Kier molecular flexibility index (Phi) is 11.9. The maximum atomic E-state index is 10.8. The molecule has 0 rings (SSSR count). The average Bonchev–Trinajstić information content (AvgIpc) is 2.48. The Hall–Kier alpha value is -1.80. The summed E-state index contributed by atoms with van der Waals surface area (Å²) in [5, 5.41) is 0. The summed E-state index contributed by atoms with van der Waals surface area (Å²) >= 11 is 0. The van der Waals surface area contributed by atoms with Crippen molar-refractivity contribution in [1.82, 2.24) is 0 Å². The lowest BCUT2D eigenvalue weighted by Gasteiger charge is -2.22. The van der Waals surface area contributed by atoms with Gasteiger partial charge in [-0.1, -0.05) is 13.2 Å². The van der Waals surface area contributed by atoms with Gasteiger partial charge in [0.05, 0.1) is 0 Å². The van der Waals surface area contributed by atoms with Gasteiger partial charge in [0.1, 0.15) is 0 Å². The van der Waals surface area contributed by atoms with Gasteiger partial charge in [-0.15, -0.1) is 0 Å². The normalized spacial score (nSPS) is 10.6. The average molecular weight is 380 g/mol. The second kappa shape index (κ2) is 11.7. The molecule has 24 heavy (non-hydrogen) atoms. The zero-order valence-electron chi connectivity index (χ0n) is 14.7. The Bertz CT molecular complexity index is 411. The molecule has 0 N–H and O–H groups in total. The lowest BCUT2D eigenvalue weighted by molar-refractivity contribution is -0.146. The molecule has 0 radical (unpaired) electrons. The van der Waals surface area contributed by atoms with Crippen molar-refractivity contribution in [2.24, 2.45) is 0 Å². The van der Waals surface area contributed by atoms with Crippen LogP contribution in [0.1, 0.15) is 20.8 Å². The molecule has 0 atom stereocenters. The monoisotopic (exact) mass is 380 g/mol. The van der Waals surface area contributed by atoms with Crippen LogP contribution in [0.4, 0.5) is 0 Å². The van der Waals surface area contributed by atoms with Gasteiger partial charge >= 0.3 is 17.6 Å². The van der Waals surface area contributed by atoms with Crippen LogP contribution in [0, 0.1) is 0 Å². The van der Waals surface area contributed by atoms with Crippen LogP contribution in [0.2, 0.25) is 0 Å². The zero-order chi connectivity index (χ0) is 19.4. The van der Waals surface area contributed by atoms with E-state index >= 15 is 0 Å². The van der Waals surface area contributed by atoms with E-state index < -0.39 is 35.5 Å². The third-order valence-corrected chi connectivity index (χ3v) is 6.63. The summed E-state index contributed by atoms with van der Waals surface area (Å²) in [4.78, 5) is 32.3. The van der Waals surface area contributed by atoms with Crippen molar-refractivity contribution in [3.8, 4) is 0 Å². The predicted molar refractivity (Wildman–Crippen MR) is 88.2 cm³/mol. The Balaban J connectivity index is 0. The van der Waals surface area contributed by atoms with E-state index in [1.54, 1.807) is 27.0 Å². The lowest BCUT2D eigenvalue weighted by atomic mass is 10.9. The highest BCUT2D eigenvalue weighted by Gasteiger charge is 2.48. The van der Waals surface area contributed by atoms with Crippen LogP contribution in [-0.4, -0.2) is 56.8 Å². The van der Waals surface area contributed by atoms with Crippen LogP contribution in [0.25, 0.3) is 0 Å². The first-order chi connectivity index (χ1) is 11.1. The molecule has 0 aromatic carbocycles. The van der Waals surface area contributed by atoms with Gasteiger partial charge in [-0.2, -0.15) is 0 Å². The van der Waals surface area contributed by atoms with E-state index in [0.717, 1.165) is 26.5 Å². The van der Waals surface area contributed by atoms with Crippen LogP contribution in [0.15, 0.2) is 24.6 Å². The SMILES string of the molecule is C=C[Si](OC(C)=O)(OC(C)=O)OC(C)=O.C=C[Si](OC)(OC)OC. The summed E-state index contributed by atoms with van der Waals surface area (Å²) < 4.78 is 29.0. The predicted octanol–water partition coefficient (Wildman–Crippen LogP) is 0.929. The fourth-order valence-electron chi connectivity index (χ4n) is 1.29. The maximum absolute atomic E-state index is 10.8. The molecule has 0 aliphatic heterocycles. The number of hydrogen-bond donors (Lipinski definition) is 0. The summed E-state index contributed by atoms with van der Waals surface area (Å²) in [5.74, 6) is -2.16. The van der Waals surface area contributed by atoms with E-state index in [0.29, 0.717) is 0 Å². The molecule has 0 aromatic heterocycles. The number of hydrogen-bond acceptors (Lipinski definition) is 9. The molecular formula is C13H24O9Si2. The Morgan fingerprint density at radius 1 is 0.667 bits per heavy atom. The molecular weight excluding hydrogens is 356 g/mol. The van der Waals surface area contributed by atoms with Crippen LogP contribution in [0.3, 0.4) is 0 Å². The molecule has 0 aliphatic carbocycles. The molecule has 0 bridgehead atoms. The van der Waals surface area contributed by atoms with Crippen molar-refractivity contribution in [3.63, 3.8) is 0 Å². The van der Waals surface area contributed by atoms with Crippen LogP contribution in [-0.2, 0) is 40.9 Å². The third-order valence-electron chi connectivity index (χ3n) is 2.21. The summed E-state index contributed by atoms with van der Waals surface area (Å²) in [6.07, 6.45) is 0. The van der Waals surface area contributed by atoms with Gasteiger partial charge in [-0.3, -0.25) is 14.4 Å². The topological polar surface area (TPSA) is 107 Å². The molecule has 0 amide bonds. The standard InChI is InChI=1S/C8H12O6Si.C5H12O3Si/c1-5-15(12-6(2)9,13-7(3)10)14-8(4)11;1-5-9(6-2,7-3)8-4/h5H,1H2,2-4H3;5H,1H2,2-4H3. The fourth-order valence-corrected chi connectivity index (χ4v) is 3.87. The first-order valence-electron chi connectivity index (χ1n) is 6.57. The second-order valence-corrected chi connectivity index (χ2v) is 9.08. The Morgan fingerprint density at radius 2 is 0.917 bits per heavy atom. The van der Waals surface area contributed by atoms with Crippen molar-refractivity contribution in [2.45, 2.75) is 20.8 Å². The van der Waals surface area contributed by atoms with E-state index in [-0.39, 0.29) is 0 Å². The fraction of sp³-hybridized carbons (Fsp3) is 0.462. The van der Waals surface area contributed by atoms with Crippen LogP contribution < -0.4 is 0 Å². The smallest absolute Gasteiger partial charge is 0.452 e. The first-order valence-corrected chi connectivity index (χ1v) is 10.2. The van der Waals surface area contributed by atoms with Crippen molar-refractivity contribution in [2.75, 3.05) is 21.3 Å². The first kappa shape index (κ1) is 24.5. The third kappa shape index (κ3) is 9.37. The summed E-state index contributed by atoms with van der Waals surface area (Å²) in [7, 11) is -1.54. The highest BCUT2D eigenvalue weighted by molar-refractivity contribution is 6.70. The van der Waals surface area contributed by atoms with E-state index in [2.05, 4.69) is 13.2 Å². The largest absolute Gasteiger partial charge is 0.734 e. The van der Waals surface area contributed by atoms with E-state index in [1.807, 2.05) is 0 Å². The minimum atomic E-state index is -3.74. The molecule has 0 saturated heterocycles. The van der Waals surface area contributed by atoms with Gasteiger partial charge in [-0.05, 0) is 5.70 Å². The molecule has 0 fully saturated rings. The summed E-state index contributed by atoms with van der Waals surface area (Å²) in [6, 6.07) is 0. The number of rotatable bonds is 8. The Labute approximate surface area is 143 Å². The van der Waals surface area contributed by atoms with Gasteiger partial charge in [0.15, 0.2) is 0 Å². The molecule has 11 heteroatoms. The summed E-state index contributed by atoms with van der Waals surface area (Å²) in [5.41, 5.74) is 2.62. The van der Waals surface area contributed by atoms with Crippen molar-refractivity contribution in [3.05, 3.63) is 24.6 Å². The van der Waals surface area contributed by atoms with Gasteiger partial charge in [0.2, 0.25) is 0 Å². The van der Waals surface area contributed by atoms with Crippen molar-refractivity contribution < 1.29 is 40.9 Å². The highest BCUT2D eigenvalue weighted by atomic mass is 28.4. The highest BCUT2D eigenvalue weighted by Crippen LogP contribution is 2.12. The molecule has 0 aromatic rings. The minimum absolute atomic E-state index is 0.718. The number of carbonyl (C=O) groups is 3. The molecule has 138 valence electrons. The van der Waals surface area contributed by atoms with Gasteiger partial charge < -0.3 is 26.6 Å². The van der Waals surface area contributed by atoms with Crippen LogP contribution in [0.5, 0.6) is 0 Å². The number of carbonyl (C=O) groups excluding carboxylic acids is 3. The van der Waals surface area contributed by atoms with E-state index in [9.17, 15) is 14.4 Å². The molecule has 0 unspecified atom stereocenters. The van der Waals surface area contributed by atoms with Crippen molar-refractivity contribution in [1.29, 1.82) is 0 Å². The molecule has 0 aliphatic rings. The minimum Gasteiger partial charge on any atom is -0.452 e. The van der Waals surface area contributed by atoms with Crippen LogP contribution >= 0.6 is 0 Å². The maximum Gasteiger partial charge on any atom is 0.734 e. The Morgan fingerprint density at radius 3 is 1.00 bits per heavy atom. The molecule has 9 nitrogen and oxygen atoms in total. The van der Waals surface area contributed by atoms with Gasteiger partial charge in [0.25, 0.3) is 17.9 Å². The van der Waals surface area contributed by atoms with Gasteiger partial charge in [0, 0.05) is 47.8 Å². The quantitative estimate of drug-likeness (QED) is 0.568. The van der Waals surface area contributed by atoms with E-state index in [4.69, 9.17) is 26.6 Å². The van der Waals surface area contributed by atoms with Gasteiger partial charge in [-0.25, -0.2) is 0 Å². The molecule has 0 saturated carbocycles.